The van der Waals surface area contributed by atoms with Gasteiger partial charge in [0.2, 0.25) is 11.9 Å². The van der Waals surface area contributed by atoms with Crippen molar-refractivity contribution in [2.45, 2.75) is 41.2 Å². The fraction of sp³-hybridized carbons (Fsp3) is 0.381. The maximum Gasteiger partial charge on any atom is 0.397 e. The molecule has 1 saturated heterocycles. The van der Waals surface area contributed by atoms with Crippen LogP contribution in [0.25, 0.3) is 0 Å². The van der Waals surface area contributed by atoms with E-state index in [9.17, 15) is 22.4 Å². The second-order valence-electron chi connectivity index (χ2n) is 8.48. The highest BCUT2D eigenvalue weighted by Crippen LogP contribution is 2.48. The standard InChI is InChI=1S/C21H20F4N8OS/c22-20(12-1-2-12)9-33(10-20)16-7-15(29-18-26-11-27-32-18)30-19(31-16)35-14-5-3-13(4-6-14)28-17(34)8-21(23,24)25/h3-7,11-12H,1-2,8-10H2,(H,28,34)(H2,26,27,29,30,31,32). The van der Waals surface area contributed by atoms with Crippen LogP contribution in [-0.2, 0) is 4.79 Å². The molecule has 0 bridgehead atoms. The second kappa shape index (κ2) is 8.98. The van der Waals surface area contributed by atoms with Crippen LogP contribution in [0.3, 0.4) is 0 Å². The topological polar surface area (TPSA) is 112 Å². The minimum Gasteiger partial charge on any atom is -0.350 e. The zero-order valence-electron chi connectivity index (χ0n) is 18.1. The van der Waals surface area contributed by atoms with Gasteiger partial charge >= 0.3 is 6.18 Å². The van der Waals surface area contributed by atoms with Gasteiger partial charge in [0.1, 0.15) is 30.1 Å². The zero-order chi connectivity index (χ0) is 24.6. The molecule has 184 valence electrons. The van der Waals surface area contributed by atoms with Gasteiger partial charge in [-0.2, -0.15) is 23.3 Å². The number of benzene rings is 1. The second-order valence-corrected chi connectivity index (χ2v) is 9.53. The summed E-state index contributed by atoms with van der Waals surface area (Å²) in [7, 11) is 0. The van der Waals surface area contributed by atoms with Gasteiger partial charge in [-0.05, 0) is 54.8 Å². The summed E-state index contributed by atoms with van der Waals surface area (Å²) in [6, 6.07) is 7.97. The molecule has 35 heavy (non-hydrogen) atoms. The van der Waals surface area contributed by atoms with E-state index in [1.54, 1.807) is 18.2 Å². The Morgan fingerprint density at radius 3 is 2.57 bits per heavy atom. The molecule has 2 aliphatic rings. The van der Waals surface area contributed by atoms with Crippen molar-refractivity contribution in [3.63, 3.8) is 0 Å². The van der Waals surface area contributed by atoms with Crippen LogP contribution in [-0.4, -0.2) is 56.0 Å². The van der Waals surface area contributed by atoms with Gasteiger partial charge in [-0.25, -0.2) is 19.5 Å². The monoisotopic (exact) mass is 508 g/mol. The Labute approximate surface area is 201 Å². The number of hydrogen-bond acceptors (Lipinski definition) is 8. The molecule has 1 amide bonds. The van der Waals surface area contributed by atoms with Crippen molar-refractivity contribution in [2.75, 3.05) is 28.6 Å². The summed E-state index contributed by atoms with van der Waals surface area (Å²) in [5.74, 6) is 0.367. The number of carbonyl (C=O) groups excluding carboxylic acids is 1. The number of carbonyl (C=O) groups is 1. The van der Waals surface area contributed by atoms with Crippen molar-refractivity contribution < 1.29 is 22.4 Å². The molecule has 3 heterocycles. The summed E-state index contributed by atoms with van der Waals surface area (Å²) < 4.78 is 51.9. The molecule has 1 aliphatic heterocycles. The third-order valence-corrected chi connectivity index (χ3v) is 6.48. The molecule has 2 aromatic heterocycles. The quantitative estimate of drug-likeness (QED) is 0.305. The van der Waals surface area contributed by atoms with Crippen molar-refractivity contribution in [1.29, 1.82) is 0 Å². The maximum absolute atomic E-state index is 14.9. The van der Waals surface area contributed by atoms with Crippen LogP contribution in [0.15, 0.2) is 46.7 Å². The number of halogens is 4. The molecule has 1 aromatic carbocycles. The fourth-order valence-corrected chi connectivity index (χ4v) is 4.55. The first-order valence-corrected chi connectivity index (χ1v) is 11.6. The predicted octanol–water partition coefficient (Wildman–Crippen LogP) is 4.32. The lowest BCUT2D eigenvalue weighted by Gasteiger charge is -2.45. The molecule has 0 unspecified atom stereocenters. The van der Waals surface area contributed by atoms with Crippen molar-refractivity contribution in [1.82, 2.24) is 25.1 Å². The van der Waals surface area contributed by atoms with Crippen LogP contribution < -0.4 is 15.5 Å². The molecular formula is C21H20F4N8OS. The molecule has 1 saturated carbocycles. The molecule has 14 heteroatoms. The Morgan fingerprint density at radius 1 is 1.20 bits per heavy atom. The number of nitrogens with zero attached hydrogens (tertiary/aromatic N) is 5. The highest BCUT2D eigenvalue weighted by Gasteiger charge is 2.54. The van der Waals surface area contributed by atoms with E-state index in [2.05, 4.69) is 35.8 Å². The van der Waals surface area contributed by atoms with Crippen molar-refractivity contribution >= 4 is 40.9 Å². The first-order valence-electron chi connectivity index (χ1n) is 10.8. The Hall–Kier alpha value is -3.42. The Kier molecular flexibility index (Phi) is 5.99. The summed E-state index contributed by atoms with van der Waals surface area (Å²) in [6.45, 7) is 0.541. The van der Waals surface area contributed by atoms with Crippen LogP contribution in [0, 0.1) is 5.92 Å². The third-order valence-electron chi connectivity index (χ3n) is 5.60. The molecule has 2 fully saturated rings. The van der Waals surface area contributed by atoms with Crippen LogP contribution >= 0.6 is 11.8 Å². The van der Waals surface area contributed by atoms with Gasteiger partial charge in [-0.1, -0.05) is 0 Å². The van der Waals surface area contributed by atoms with Crippen LogP contribution in [0.2, 0.25) is 0 Å². The van der Waals surface area contributed by atoms with Gasteiger partial charge < -0.3 is 15.5 Å². The van der Waals surface area contributed by atoms with E-state index in [1.165, 1.54) is 30.2 Å². The first kappa shape index (κ1) is 23.3. The normalized spacial score (nSPS) is 17.1. The SMILES string of the molecule is O=C(CC(F)(F)F)Nc1ccc(Sc2nc(Nc3ncn[nH]3)cc(N3CC(F)(C4CC4)C3)n2)cc1. The lowest BCUT2D eigenvalue weighted by Crippen LogP contribution is -2.60. The molecule has 0 spiro atoms. The van der Waals surface area contributed by atoms with E-state index in [0.717, 1.165) is 12.8 Å². The number of amides is 1. The summed E-state index contributed by atoms with van der Waals surface area (Å²) in [5, 5.41) is 12.1. The van der Waals surface area contributed by atoms with Crippen LogP contribution in [0.5, 0.6) is 0 Å². The first-order chi connectivity index (χ1) is 16.6. The van der Waals surface area contributed by atoms with E-state index in [-0.39, 0.29) is 24.7 Å². The van der Waals surface area contributed by atoms with E-state index in [4.69, 9.17) is 0 Å². The van der Waals surface area contributed by atoms with Crippen molar-refractivity contribution in [3.8, 4) is 0 Å². The van der Waals surface area contributed by atoms with E-state index in [1.807, 2.05) is 4.90 Å². The summed E-state index contributed by atoms with van der Waals surface area (Å²) in [6.07, 6.45) is -2.95. The van der Waals surface area contributed by atoms with E-state index < -0.39 is 24.2 Å². The number of hydrogen-bond donors (Lipinski definition) is 3. The van der Waals surface area contributed by atoms with Gasteiger partial charge in [0.15, 0.2) is 5.16 Å². The average Bonchev–Trinajstić information content (AvgIpc) is 3.49. The number of H-pyrrole nitrogens is 1. The highest BCUT2D eigenvalue weighted by molar-refractivity contribution is 7.99. The number of rotatable bonds is 8. The van der Waals surface area contributed by atoms with Crippen LogP contribution in [0.1, 0.15) is 19.3 Å². The average molecular weight is 509 g/mol. The number of alkyl halides is 4. The van der Waals surface area contributed by atoms with Gasteiger partial charge in [-0.15, -0.1) is 0 Å². The van der Waals surface area contributed by atoms with Crippen molar-refractivity contribution in [2.24, 2.45) is 5.92 Å². The predicted molar refractivity (Wildman–Crippen MR) is 120 cm³/mol. The number of aromatic amines is 1. The van der Waals surface area contributed by atoms with Gasteiger partial charge in [-0.3, -0.25) is 4.79 Å². The molecule has 3 N–H and O–H groups in total. The summed E-state index contributed by atoms with van der Waals surface area (Å²) >= 11 is 1.22. The molecule has 9 nitrogen and oxygen atoms in total. The van der Waals surface area contributed by atoms with E-state index in [0.29, 0.717) is 27.6 Å². The molecule has 5 rings (SSSR count). The Morgan fingerprint density at radius 2 is 1.94 bits per heavy atom. The molecule has 3 aromatic rings. The van der Waals surface area contributed by atoms with Crippen LogP contribution in [0.4, 0.5) is 40.8 Å². The van der Waals surface area contributed by atoms with E-state index >= 15 is 0 Å². The lowest BCUT2D eigenvalue weighted by molar-refractivity contribution is -0.150. The van der Waals surface area contributed by atoms with Gasteiger partial charge in [0.25, 0.3) is 0 Å². The number of aromatic nitrogens is 5. The number of anilines is 4. The highest BCUT2D eigenvalue weighted by atomic mass is 32.2. The van der Waals surface area contributed by atoms with Gasteiger partial charge in [0.05, 0.1) is 13.1 Å². The molecule has 1 aliphatic carbocycles. The van der Waals surface area contributed by atoms with Gasteiger partial charge in [0, 0.05) is 16.6 Å². The summed E-state index contributed by atoms with van der Waals surface area (Å²) in [4.78, 5) is 27.1. The van der Waals surface area contributed by atoms with Crippen molar-refractivity contribution in [3.05, 3.63) is 36.7 Å². The largest absolute Gasteiger partial charge is 0.397 e. The maximum atomic E-state index is 14.9. The molecule has 0 radical (unpaired) electrons. The molecule has 0 atom stereocenters. The minimum absolute atomic E-state index is 0.122. The number of nitrogens with one attached hydrogen (secondary N) is 3. The fourth-order valence-electron chi connectivity index (χ4n) is 3.78. The minimum atomic E-state index is -4.57. The Bertz CT molecular complexity index is 1200. The third kappa shape index (κ3) is 5.81. The Balaban J connectivity index is 1.30. The molecular weight excluding hydrogens is 488 g/mol. The summed E-state index contributed by atoms with van der Waals surface area (Å²) in [5.41, 5.74) is -0.936. The smallest absolute Gasteiger partial charge is 0.350 e. The lowest BCUT2D eigenvalue weighted by atomic mass is 9.91. The zero-order valence-corrected chi connectivity index (χ0v) is 19.0.